The molecule has 0 aliphatic carbocycles. The molecule has 21 heavy (non-hydrogen) atoms. The molecule has 4 nitrogen and oxygen atoms in total. The lowest BCUT2D eigenvalue weighted by Gasteiger charge is -2.09. The van der Waals surface area contributed by atoms with Crippen LogP contribution in [0.3, 0.4) is 0 Å². The summed E-state index contributed by atoms with van der Waals surface area (Å²) in [7, 11) is -3.66. The van der Waals surface area contributed by atoms with Gasteiger partial charge in [0, 0.05) is 16.6 Å². The van der Waals surface area contributed by atoms with Gasteiger partial charge < -0.3 is 0 Å². The van der Waals surface area contributed by atoms with E-state index in [0.717, 1.165) is 5.56 Å². The summed E-state index contributed by atoms with van der Waals surface area (Å²) in [6, 6.07) is 13.0. The summed E-state index contributed by atoms with van der Waals surface area (Å²) in [5, 5.41) is 0.668. The van der Waals surface area contributed by atoms with Crippen molar-refractivity contribution in [3.8, 4) is 0 Å². The van der Waals surface area contributed by atoms with E-state index in [1.165, 1.54) is 13.0 Å². The molecule has 2 aromatic carbocycles. The molecular formula is C15H14BrNO3S. The molecule has 0 radical (unpaired) electrons. The summed E-state index contributed by atoms with van der Waals surface area (Å²) in [5.74, 6) is -0.113. The highest BCUT2D eigenvalue weighted by Gasteiger charge is 2.14. The van der Waals surface area contributed by atoms with E-state index in [-0.39, 0.29) is 10.7 Å². The number of sulfonamides is 1. The molecular weight excluding hydrogens is 354 g/mol. The van der Waals surface area contributed by atoms with Crippen LogP contribution in [0.25, 0.3) is 0 Å². The van der Waals surface area contributed by atoms with E-state index in [0.29, 0.717) is 16.6 Å². The Morgan fingerprint density at radius 2 is 1.81 bits per heavy atom. The van der Waals surface area contributed by atoms with Gasteiger partial charge in [-0.2, -0.15) is 0 Å². The van der Waals surface area contributed by atoms with Gasteiger partial charge in [0.2, 0.25) is 0 Å². The normalized spacial score (nSPS) is 11.1. The molecule has 0 fully saturated rings. The zero-order valence-corrected chi connectivity index (χ0v) is 13.7. The fraction of sp³-hybridized carbons (Fsp3) is 0.133. The van der Waals surface area contributed by atoms with Crippen LogP contribution in [-0.2, 0) is 15.4 Å². The van der Waals surface area contributed by atoms with E-state index < -0.39 is 10.0 Å². The molecule has 2 rings (SSSR count). The Labute approximate surface area is 132 Å². The summed E-state index contributed by atoms with van der Waals surface area (Å²) in [4.78, 5) is 11.5. The Balaban J connectivity index is 2.28. The van der Waals surface area contributed by atoms with Gasteiger partial charge in [-0.3, -0.25) is 9.52 Å². The van der Waals surface area contributed by atoms with Crippen LogP contribution in [0.4, 0.5) is 5.69 Å². The van der Waals surface area contributed by atoms with Gasteiger partial charge in [0.05, 0.1) is 4.90 Å². The van der Waals surface area contributed by atoms with Crippen molar-refractivity contribution >= 4 is 37.4 Å². The van der Waals surface area contributed by atoms with Crippen LogP contribution in [0.1, 0.15) is 22.8 Å². The molecule has 0 spiro atoms. The van der Waals surface area contributed by atoms with E-state index in [4.69, 9.17) is 0 Å². The Morgan fingerprint density at radius 3 is 2.38 bits per heavy atom. The fourth-order valence-electron chi connectivity index (χ4n) is 1.77. The summed E-state index contributed by atoms with van der Waals surface area (Å²) in [6.45, 7) is 1.44. The number of carbonyl (C=O) groups excluding carboxylic acids is 1. The zero-order valence-electron chi connectivity index (χ0n) is 11.3. The maximum absolute atomic E-state index is 12.3. The van der Waals surface area contributed by atoms with Crippen LogP contribution in [0.5, 0.6) is 0 Å². The number of hydrogen-bond donors (Lipinski definition) is 1. The van der Waals surface area contributed by atoms with E-state index >= 15 is 0 Å². The van der Waals surface area contributed by atoms with E-state index in [1.807, 2.05) is 0 Å². The molecule has 0 aliphatic rings. The number of anilines is 1. The molecule has 6 heteroatoms. The summed E-state index contributed by atoms with van der Waals surface area (Å²) in [5.41, 5.74) is 1.82. The average Bonchev–Trinajstić information content (AvgIpc) is 2.47. The number of halogens is 1. The molecule has 0 bridgehead atoms. The monoisotopic (exact) mass is 367 g/mol. The standard InChI is InChI=1S/C15H14BrNO3S/c1-11(18)13-3-2-4-14(9-13)17-21(19,20)15-7-5-12(10-16)6-8-15/h2-9,17H,10H2,1H3. The van der Waals surface area contributed by atoms with Crippen molar-refractivity contribution in [2.75, 3.05) is 4.72 Å². The molecule has 1 N–H and O–H groups in total. The van der Waals surface area contributed by atoms with Gasteiger partial charge in [0.1, 0.15) is 0 Å². The first-order valence-corrected chi connectivity index (χ1v) is 8.81. The maximum Gasteiger partial charge on any atom is 0.261 e. The minimum Gasteiger partial charge on any atom is -0.295 e. The minimum atomic E-state index is -3.66. The van der Waals surface area contributed by atoms with Gasteiger partial charge >= 0.3 is 0 Å². The second kappa shape index (κ2) is 6.41. The predicted molar refractivity (Wildman–Crippen MR) is 86.3 cm³/mol. The largest absolute Gasteiger partial charge is 0.295 e. The molecule has 2 aromatic rings. The molecule has 0 heterocycles. The van der Waals surface area contributed by atoms with Crippen LogP contribution < -0.4 is 4.72 Å². The highest BCUT2D eigenvalue weighted by atomic mass is 79.9. The molecule has 0 atom stereocenters. The average molecular weight is 368 g/mol. The molecule has 0 saturated carbocycles. The van der Waals surface area contributed by atoms with Crippen LogP contribution >= 0.6 is 15.9 Å². The number of ketones is 1. The fourth-order valence-corrected chi connectivity index (χ4v) is 3.20. The van der Waals surface area contributed by atoms with Crippen molar-refractivity contribution in [3.05, 3.63) is 59.7 Å². The van der Waals surface area contributed by atoms with Crippen LogP contribution in [0.15, 0.2) is 53.4 Å². The third-order valence-corrected chi connectivity index (χ3v) is 4.95. The van der Waals surface area contributed by atoms with Crippen molar-refractivity contribution < 1.29 is 13.2 Å². The van der Waals surface area contributed by atoms with Crippen molar-refractivity contribution in [1.29, 1.82) is 0 Å². The van der Waals surface area contributed by atoms with E-state index in [2.05, 4.69) is 20.7 Å². The van der Waals surface area contributed by atoms with Crippen molar-refractivity contribution in [1.82, 2.24) is 0 Å². The van der Waals surface area contributed by atoms with Crippen LogP contribution in [-0.4, -0.2) is 14.2 Å². The molecule has 0 aliphatic heterocycles. The van der Waals surface area contributed by atoms with E-state index in [1.54, 1.807) is 42.5 Å². The Hall–Kier alpha value is -1.66. The SMILES string of the molecule is CC(=O)c1cccc(NS(=O)(=O)c2ccc(CBr)cc2)c1. The highest BCUT2D eigenvalue weighted by Crippen LogP contribution is 2.18. The third-order valence-electron chi connectivity index (χ3n) is 2.91. The van der Waals surface area contributed by atoms with Gasteiger partial charge in [-0.15, -0.1) is 0 Å². The number of rotatable bonds is 5. The minimum absolute atomic E-state index is 0.113. The molecule has 0 amide bonds. The number of Topliss-reactive ketones (excluding diaryl/α,β-unsaturated/α-hetero) is 1. The number of benzene rings is 2. The number of carbonyl (C=O) groups is 1. The highest BCUT2D eigenvalue weighted by molar-refractivity contribution is 9.08. The molecule has 0 aromatic heterocycles. The number of hydrogen-bond acceptors (Lipinski definition) is 3. The number of nitrogens with one attached hydrogen (secondary N) is 1. The summed E-state index contributed by atoms with van der Waals surface area (Å²) < 4.78 is 27.0. The topological polar surface area (TPSA) is 63.2 Å². The van der Waals surface area contributed by atoms with Gasteiger partial charge in [-0.25, -0.2) is 8.42 Å². The predicted octanol–water partition coefficient (Wildman–Crippen LogP) is 3.58. The third kappa shape index (κ3) is 3.92. The Bertz CT molecular complexity index is 755. The molecule has 0 unspecified atom stereocenters. The zero-order chi connectivity index (χ0) is 15.5. The lowest BCUT2D eigenvalue weighted by molar-refractivity contribution is 0.101. The second-order valence-electron chi connectivity index (χ2n) is 4.52. The van der Waals surface area contributed by atoms with Gasteiger partial charge in [0.25, 0.3) is 10.0 Å². The van der Waals surface area contributed by atoms with Crippen molar-refractivity contribution in [2.24, 2.45) is 0 Å². The van der Waals surface area contributed by atoms with Gasteiger partial charge in [-0.1, -0.05) is 40.2 Å². The Kier molecular flexibility index (Phi) is 4.80. The molecule has 110 valence electrons. The lowest BCUT2D eigenvalue weighted by atomic mass is 10.1. The number of alkyl halides is 1. The quantitative estimate of drug-likeness (QED) is 0.648. The smallest absolute Gasteiger partial charge is 0.261 e. The van der Waals surface area contributed by atoms with Gasteiger partial charge in [0.15, 0.2) is 5.78 Å². The van der Waals surface area contributed by atoms with Crippen molar-refractivity contribution in [2.45, 2.75) is 17.1 Å². The first-order chi connectivity index (χ1) is 9.92. The Morgan fingerprint density at radius 1 is 1.14 bits per heavy atom. The summed E-state index contributed by atoms with van der Waals surface area (Å²) >= 11 is 3.31. The lowest BCUT2D eigenvalue weighted by Crippen LogP contribution is -2.13. The molecule has 0 saturated heterocycles. The van der Waals surface area contributed by atoms with Crippen molar-refractivity contribution in [3.63, 3.8) is 0 Å². The first-order valence-electron chi connectivity index (χ1n) is 6.21. The summed E-state index contributed by atoms with van der Waals surface area (Å²) in [6.07, 6.45) is 0. The van der Waals surface area contributed by atoms with E-state index in [9.17, 15) is 13.2 Å². The first kappa shape index (κ1) is 15.7. The maximum atomic E-state index is 12.3. The van der Waals surface area contributed by atoms with Crippen LogP contribution in [0, 0.1) is 0 Å². The van der Waals surface area contributed by atoms with Gasteiger partial charge in [-0.05, 0) is 36.8 Å². The van der Waals surface area contributed by atoms with Crippen LogP contribution in [0.2, 0.25) is 0 Å². The second-order valence-corrected chi connectivity index (χ2v) is 6.76.